The van der Waals surface area contributed by atoms with Crippen LogP contribution in [0.4, 0.5) is 4.79 Å². The number of rotatable bonds is 5. The van der Waals surface area contributed by atoms with Gasteiger partial charge < -0.3 is 25.2 Å². The summed E-state index contributed by atoms with van der Waals surface area (Å²) in [6.07, 6.45) is 0.509. The number of hydrogen-bond acceptors (Lipinski definition) is 4. The molecule has 0 saturated carbocycles. The Labute approximate surface area is 169 Å². The molecule has 2 atom stereocenters. The Morgan fingerprint density at radius 1 is 1.32 bits per heavy atom. The summed E-state index contributed by atoms with van der Waals surface area (Å²) in [4.78, 5) is 20.8. The summed E-state index contributed by atoms with van der Waals surface area (Å²) in [5.41, 5.74) is 0.778. The molecule has 1 aliphatic rings. The van der Waals surface area contributed by atoms with Gasteiger partial charge in [0.05, 0.1) is 12.1 Å². The number of nitrogens with zero attached hydrogens (tertiary/aromatic N) is 3. The van der Waals surface area contributed by atoms with Crippen molar-refractivity contribution in [3.63, 3.8) is 0 Å². The third-order valence-corrected chi connectivity index (χ3v) is 4.68. The number of likely N-dealkylation sites (N-methyl/N-ethyl adjacent to an activating group) is 1. The molecule has 1 aliphatic heterocycles. The highest BCUT2D eigenvalue weighted by atomic mass is 16.6. The number of aliphatic imine (C=N–C) groups is 1. The van der Waals surface area contributed by atoms with E-state index in [2.05, 4.69) is 63.8 Å². The van der Waals surface area contributed by atoms with E-state index in [0.717, 1.165) is 32.0 Å². The minimum Gasteiger partial charge on any atom is -0.444 e. The van der Waals surface area contributed by atoms with E-state index in [0.29, 0.717) is 0 Å². The molecule has 156 valence electrons. The second kappa shape index (κ2) is 9.78. The van der Waals surface area contributed by atoms with Gasteiger partial charge >= 0.3 is 6.09 Å². The van der Waals surface area contributed by atoms with Crippen LogP contribution in [0.3, 0.4) is 0 Å². The maximum absolute atomic E-state index is 12.0. The number of carbonyl (C=O) groups excluding carboxylic acids is 1. The summed E-state index contributed by atoms with van der Waals surface area (Å²) in [6, 6.07) is 10.8. The molecule has 0 bridgehead atoms. The zero-order chi connectivity index (χ0) is 20.7. The fourth-order valence-corrected chi connectivity index (χ4v) is 3.34. The van der Waals surface area contributed by atoms with E-state index in [9.17, 15) is 4.79 Å². The van der Waals surface area contributed by atoms with E-state index >= 15 is 0 Å². The molecular weight excluding hydrogens is 354 g/mol. The molecule has 0 aromatic heterocycles. The number of carbonyl (C=O) groups is 1. The van der Waals surface area contributed by atoms with E-state index in [4.69, 9.17) is 4.74 Å². The molecule has 1 saturated heterocycles. The number of nitrogens with one attached hydrogen (secondary N) is 2. The van der Waals surface area contributed by atoms with E-state index in [1.807, 2.05) is 26.8 Å². The minimum absolute atomic E-state index is 0.0622. The Hall–Kier alpha value is -2.28. The number of likely N-dealkylation sites (tertiary alicyclic amines) is 1. The standard InChI is InChI=1S/C21H35N5O2/c1-21(2,3)28-20(27)24-17-12-13-26(15-17)19(22-4)23-14-18(25(5)6)16-10-8-7-9-11-16/h7-11,17-18H,12-15H2,1-6H3,(H,22,23)(H,24,27). The van der Waals surface area contributed by atoms with E-state index in [1.54, 1.807) is 7.05 Å². The maximum Gasteiger partial charge on any atom is 0.407 e. The summed E-state index contributed by atoms with van der Waals surface area (Å²) in [6.45, 7) is 7.92. The summed E-state index contributed by atoms with van der Waals surface area (Å²) in [5, 5.41) is 6.45. The molecule has 7 nitrogen and oxygen atoms in total. The van der Waals surface area contributed by atoms with Gasteiger partial charge in [0.25, 0.3) is 0 Å². The molecule has 28 heavy (non-hydrogen) atoms. The van der Waals surface area contributed by atoms with Gasteiger partial charge in [0.1, 0.15) is 5.60 Å². The van der Waals surface area contributed by atoms with Crippen LogP contribution in [0.1, 0.15) is 38.8 Å². The van der Waals surface area contributed by atoms with Crippen molar-refractivity contribution in [2.75, 3.05) is 40.8 Å². The number of hydrogen-bond donors (Lipinski definition) is 2. The van der Waals surface area contributed by atoms with E-state index in [-0.39, 0.29) is 18.2 Å². The molecule has 2 rings (SSSR count). The third kappa shape index (κ3) is 6.71. The molecule has 1 heterocycles. The molecule has 2 unspecified atom stereocenters. The Morgan fingerprint density at radius 2 is 2.00 bits per heavy atom. The van der Waals surface area contributed by atoms with Crippen LogP contribution in [0.15, 0.2) is 35.3 Å². The molecular formula is C21H35N5O2. The van der Waals surface area contributed by atoms with Crippen LogP contribution >= 0.6 is 0 Å². The Kier molecular flexibility index (Phi) is 7.69. The maximum atomic E-state index is 12.0. The minimum atomic E-state index is -0.488. The van der Waals surface area contributed by atoms with Gasteiger partial charge in [-0.2, -0.15) is 0 Å². The van der Waals surface area contributed by atoms with Crippen LogP contribution in [-0.4, -0.2) is 74.3 Å². The Bertz CT molecular complexity index is 655. The second-order valence-corrected chi connectivity index (χ2v) is 8.40. The quantitative estimate of drug-likeness (QED) is 0.598. The topological polar surface area (TPSA) is 69.2 Å². The Morgan fingerprint density at radius 3 is 2.57 bits per heavy atom. The normalized spacial score (nSPS) is 18.9. The zero-order valence-corrected chi connectivity index (χ0v) is 18.0. The number of ether oxygens (including phenoxy) is 1. The van der Waals surface area contributed by atoms with E-state index in [1.165, 1.54) is 5.56 Å². The lowest BCUT2D eigenvalue weighted by Crippen LogP contribution is -2.45. The van der Waals surface area contributed by atoms with Gasteiger partial charge in [-0.15, -0.1) is 0 Å². The first kappa shape index (κ1) is 22.0. The summed E-state index contributed by atoms with van der Waals surface area (Å²) in [7, 11) is 5.96. The highest BCUT2D eigenvalue weighted by molar-refractivity contribution is 5.80. The van der Waals surface area contributed by atoms with Gasteiger partial charge in [0.15, 0.2) is 5.96 Å². The number of alkyl carbamates (subject to hydrolysis) is 1. The second-order valence-electron chi connectivity index (χ2n) is 8.40. The van der Waals surface area contributed by atoms with Gasteiger partial charge in [-0.05, 0) is 46.9 Å². The van der Waals surface area contributed by atoms with Crippen molar-refractivity contribution in [2.24, 2.45) is 4.99 Å². The summed E-state index contributed by atoms with van der Waals surface area (Å²) in [5.74, 6) is 0.858. The van der Waals surface area contributed by atoms with Crippen LogP contribution in [0.25, 0.3) is 0 Å². The predicted molar refractivity (Wildman–Crippen MR) is 114 cm³/mol. The molecule has 1 amide bonds. The zero-order valence-electron chi connectivity index (χ0n) is 18.0. The summed E-state index contributed by atoms with van der Waals surface area (Å²) >= 11 is 0. The van der Waals surface area contributed by atoms with E-state index < -0.39 is 5.60 Å². The average Bonchev–Trinajstić information content (AvgIpc) is 3.05. The van der Waals surface area contributed by atoms with Gasteiger partial charge in [0, 0.05) is 26.7 Å². The van der Waals surface area contributed by atoms with Crippen LogP contribution < -0.4 is 10.6 Å². The average molecular weight is 390 g/mol. The van der Waals surface area contributed by atoms with Crippen molar-refractivity contribution in [1.29, 1.82) is 0 Å². The lowest BCUT2D eigenvalue weighted by atomic mass is 10.1. The first-order valence-electron chi connectivity index (χ1n) is 9.86. The molecule has 0 radical (unpaired) electrons. The lowest BCUT2D eigenvalue weighted by Gasteiger charge is -2.28. The number of amides is 1. The van der Waals surface area contributed by atoms with Crippen LogP contribution in [0.2, 0.25) is 0 Å². The number of benzene rings is 1. The van der Waals surface area contributed by atoms with Crippen molar-refractivity contribution in [3.05, 3.63) is 35.9 Å². The summed E-state index contributed by atoms with van der Waals surface area (Å²) < 4.78 is 5.36. The molecule has 0 aliphatic carbocycles. The van der Waals surface area contributed by atoms with Crippen molar-refractivity contribution < 1.29 is 9.53 Å². The van der Waals surface area contributed by atoms with Crippen LogP contribution in [0, 0.1) is 0 Å². The fraction of sp³-hybridized carbons (Fsp3) is 0.619. The molecule has 1 aromatic rings. The Balaban J connectivity index is 1.89. The third-order valence-electron chi connectivity index (χ3n) is 4.68. The van der Waals surface area contributed by atoms with Gasteiger partial charge in [-0.1, -0.05) is 30.3 Å². The first-order chi connectivity index (χ1) is 13.2. The lowest BCUT2D eigenvalue weighted by molar-refractivity contribution is 0.0507. The van der Waals surface area contributed by atoms with Gasteiger partial charge in [-0.25, -0.2) is 4.79 Å². The predicted octanol–water partition coefficient (Wildman–Crippen LogP) is 2.46. The van der Waals surface area contributed by atoms with Crippen LogP contribution in [-0.2, 0) is 4.74 Å². The molecule has 0 spiro atoms. The largest absolute Gasteiger partial charge is 0.444 e. The van der Waals surface area contributed by atoms with Crippen LogP contribution in [0.5, 0.6) is 0 Å². The van der Waals surface area contributed by atoms with Gasteiger partial charge in [-0.3, -0.25) is 4.99 Å². The fourth-order valence-electron chi connectivity index (χ4n) is 3.34. The molecule has 1 aromatic carbocycles. The number of guanidine groups is 1. The van der Waals surface area contributed by atoms with Crippen molar-refractivity contribution in [3.8, 4) is 0 Å². The molecule has 1 fully saturated rings. The first-order valence-corrected chi connectivity index (χ1v) is 9.86. The SMILES string of the molecule is CN=C(NCC(c1ccccc1)N(C)C)N1CCC(NC(=O)OC(C)(C)C)C1. The highest BCUT2D eigenvalue weighted by Gasteiger charge is 2.28. The van der Waals surface area contributed by atoms with Crippen molar-refractivity contribution in [1.82, 2.24) is 20.4 Å². The molecule has 2 N–H and O–H groups in total. The highest BCUT2D eigenvalue weighted by Crippen LogP contribution is 2.17. The monoisotopic (exact) mass is 389 g/mol. The smallest absolute Gasteiger partial charge is 0.407 e. The van der Waals surface area contributed by atoms with Crippen molar-refractivity contribution >= 4 is 12.1 Å². The molecule has 7 heteroatoms. The van der Waals surface area contributed by atoms with Gasteiger partial charge in [0.2, 0.25) is 0 Å². The van der Waals surface area contributed by atoms with Crippen molar-refractivity contribution in [2.45, 2.75) is 44.9 Å².